The van der Waals surface area contributed by atoms with Crippen LogP contribution in [0.4, 0.5) is 0 Å². The van der Waals surface area contributed by atoms with Crippen molar-refractivity contribution < 1.29 is 69.2 Å². The van der Waals surface area contributed by atoms with E-state index in [0.29, 0.717) is 15.9 Å². The monoisotopic (exact) mass is 943 g/mol. The van der Waals surface area contributed by atoms with E-state index in [-0.39, 0.29) is 40.8 Å². The van der Waals surface area contributed by atoms with Gasteiger partial charge in [0.05, 0.1) is 0 Å². The van der Waals surface area contributed by atoms with Crippen LogP contribution in [0.1, 0.15) is 172 Å². The minimum atomic E-state index is -2.80. The van der Waals surface area contributed by atoms with Crippen LogP contribution in [-0.4, -0.2) is 0 Å². The maximum atomic E-state index is 11.1. The first-order valence-corrected chi connectivity index (χ1v) is 25.1. The molecule has 307 valence electrons. The molecule has 3 aromatic carbocycles. The quantitative estimate of drug-likeness (QED) is 0.0555. The second-order valence-electron chi connectivity index (χ2n) is 14.4. The van der Waals surface area contributed by atoms with Crippen molar-refractivity contribution in [2.45, 2.75) is 175 Å². The van der Waals surface area contributed by atoms with Crippen molar-refractivity contribution in [3.63, 3.8) is 0 Å². The molecule has 6 nitrogen and oxygen atoms in total. The number of aryl methyl sites for hydroxylation is 3. The first-order valence-electron chi connectivity index (χ1n) is 21.1. The van der Waals surface area contributed by atoms with Crippen LogP contribution in [0.15, 0.2) is 72.8 Å². The Bertz CT molecular complexity index is 1270. The minimum absolute atomic E-state index is 0. The third-order valence-corrected chi connectivity index (χ3v) is 12.6. The largest absolute Gasteiger partial charge is 3.00 e. The number of unbranched alkanes of at least 4 members (excludes halogenated alkanes) is 18. The molecule has 10 heteroatoms. The summed E-state index contributed by atoms with van der Waals surface area (Å²) in [7, 11) is -8.39. The maximum Gasteiger partial charge on any atom is 3.00 e. The molecule has 3 unspecified atom stereocenters. The fraction of sp³-hybridized carbons (Fsp3) is 0.600. The average molecular weight is 946 g/mol. The topological polar surface area (TPSA) is 120 Å². The van der Waals surface area contributed by atoms with E-state index in [9.17, 15) is 28.4 Å². The molecule has 0 saturated carbocycles. The van der Waals surface area contributed by atoms with Gasteiger partial charge in [-0.3, -0.25) is 0 Å². The molecule has 0 aromatic heterocycles. The zero-order valence-corrected chi connectivity index (χ0v) is 40.6. The molecule has 0 N–H and O–H groups in total. The molecular weight excluding hydrogens is 874 g/mol. The molecule has 1 radical (unpaired) electrons. The van der Waals surface area contributed by atoms with Crippen molar-refractivity contribution in [2.75, 3.05) is 0 Å². The van der Waals surface area contributed by atoms with E-state index in [2.05, 4.69) is 20.8 Å². The van der Waals surface area contributed by atoms with Gasteiger partial charge in [-0.15, -0.1) is 0 Å². The van der Waals surface area contributed by atoms with E-state index in [0.717, 1.165) is 55.2 Å². The van der Waals surface area contributed by atoms with E-state index in [1.165, 1.54) is 116 Å². The predicted octanol–water partition coefficient (Wildman–Crippen LogP) is 10.3. The van der Waals surface area contributed by atoms with Crippen molar-refractivity contribution in [3.05, 3.63) is 89.5 Å². The van der Waals surface area contributed by atoms with Gasteiger partial charge >= 0.3 is 40.8 Å². The standard InChI is InChI=1S/3C15H25O2P.Nd/c3*1-2-3-4-5-6-7-8-11-14-12-9-10-13-15(14)18(16)17;/h3*9-10,12-13,18H,2-8,11H2,1H3,(H,16,17);/q;;;+3/p-3. The van der Waals surface area contributed by atoms with Gasteiger partial charge in [-0.25, -0.2) is 0 Å². The summed E-state index contributed by atoms with van der Waals surface area (Å²) in [5.74, 6) is 0. The molecule has 3 atom stereocenters. The second kappa shape index (κ2) is 37.8. The summed E-state index contributed by atoms with van der Waals surface area (Å²) >= 11 is 0. The molecule has 0 saturated heterocycles. The molecule has 0 bridgehead atoms. The molecule has 0 amide bonds. The van der Waals surface area contributed by atoms with Gasteiger partial charge in [-0.05, 0) is 71.1 Å². The van der Waals surface area contributed by atoms with Crippen LogP contribution in [0.5, 0.6) is 0 Å². The van der Waals surface area contributed by atoms with Gasteiger partial charge in [0.2, 0.25) is 0 Å². The van der Waals surface area contributed by atoms with Gasteiger partial charge in [-0.1, -0.05) is 209 Å². The summed E-state index contributed by atoms with van der Waals surface area (Å²) in [6, 6.07) is 22.1. The predicted molar refractivity (Wildman–Crippen MR) is 230 cm³/mol. The summed E-state index contributed by atoms with van der Waals surface area (Å²) in [6.07, 6.45) is 29.2. The molecule has 0 aliphatic heterocycles. The SMILES string of the molecule is CCCCCCCCCc1ccccc1[PH](=O)[O-].CCCCCCCCCc1ccccc1[PH](=O)[O-].CCCCCCCCCc1ccccc1[PH](=O)[O-].[Nd+3]. The van der Waals surface area contributed by atoms with Crippen LogP contribution in [0.2, 0.25) is 0 Å². The van der Waals surface area contributed by atoms with Crippen molar-refractivity contribution in [1.82, 2.24) is 0 Å². The van der Waals surface area contributed by atoms with Crippen LogP contribution in [-0.2, 0) is 33.0 Å². The van der Waals surface area contributed by atoms with Gasteiger partial charge in [0, 0.05) is 24.1 Å². The third kappa shape index (κ3) is 27.8. The van der Waals surface area contributed by atoms with Gasteiger partial charge in [0.15, 0.2) is 0 Å². The molecule has 0 fully saturated rings. The second-order valence-corrected chi connectivity index (χ2v) is 17.8. The van der Waals surface area contributed by atoms with E-state index in [4.69, 9.17) is 0 Å². The van der Waals surface area contributed by atoms with Gasteiger partial charge in [0.1, 0.15) is 0 Å². The maximum absolute atomic E-state index is 11.1. The minimum Gasteiger partial charge on any atom is -0.798 e. The van der Waals surface area contributed by atoms with E-state index in [1.807, 2.05) is 36.4 Å². The van der Waals surface area contributed by atoms with Crippen LogP contribution in [0.25, 0.3) is 0 Å². The van der Waals surface area contributed by atoms with E-state index < -0.39 is 24.1 Å². The Hall–Kier alpha value is -0.419. The average Bonchev–Trinajstić information content (AvgIpc) is 3.17. The number of hydrogen-bond donors (Lipinski definition) is 0. The fourth-order valence-corrected chi connectivity index (χ4v) is 8.74. The van der Waals surface area contributed by atoms with Crippen molar-refractivity contribution >= 4 is 40.0 Å². The van der Waals surface area contributed by atoms with Crippen molar-refractivity contribution in [2.24, 2.45) is 0 Å². The van der Waals surface area contributed by atoms with Crippen LogP contribution >= 0.6 is 24.1 Å². The zero-order chi connectivity index (χ0) is 39.7. The number of rotatable bonds is 27. The third-order valence-electron chi connectivity index (χ3n) is 9.86. The first-order chi connectivity index (χ1) is 26.3. The summed E-state index contributed by atoms with van der Waals surface area (Å²) in [5, 5.41) is 1.61. The van der Waals surface area contributed by atoms with Crippen LogP contribution in [0.3, 0.4) is 0 Å². The molecule has 55 heavy (non-hydrogen) atoms. The fourth-order valence-electron chi connectivity index (χ4n) is 6.63. The number of hydrogen-bond acceptors (Lipinski definition) is 6. The Labute approximate surface area is 370 Å². The molecule has 0 aliphatic rings. The van der Waals surface area contributed by atoms with Crippen molar-refractivity contribution in [3.8, 4) is 0 Å². The first kappa shape index (κ1) is 54.6. The van der Waals surface area contributed by atoms with Gasteiger partial charge in [0.25, 0.3) is 0 Å². The van der Waals surface area contributed by atoms with Crippen LogP contribution in [0, 0.1) is 40.8 Å². The Kier molecular flexibility index (Phi) is 37.5. The Morgan fingerprint density at radius 3 is 0.764 bits per heavy atom. The molecular formula is C45H72NdO6P3. The molecule has 0 heterocycles. The zero-order valence-electron chi connectivity index (χ0n) is 34.3. The van der Waals surface area contributed by atoms with Crippen molar-refractivity contribution in [1.29, 1.82) is 0 Å². The Morgan fingerprint density at radius 2 is 0.545 bits per heavy atom. The number of benzene rings is 3. The van der Waals surface area contributed by atoms with Gasteiger partial charge in [-0.2, -0.15) is 0 Å². The van der Waals surface area contributed by atoms with E-state index in [1.54, 1.807) is 36.4 Å². The summed E-state index contributed by atoms with van der Waals surface area (Å²) in [6.45, 7) is 6.67. The molecule has 3 rings (SSSR count). The molecule has 3 aromatic rings. The van der Waals surface area contributed by atoms with Crippen LogP contribution < -0.4 is 30.6 Å². The molecule has 0 spiro atoms. The summed E-state index contributed by atoms with van der Waals surface area (Å²) in [5.41, 5.74) is 2.97. The smallest absolute Gasteiger partial charge is 0.798 e. The van der Waals surface area contributed by atoms with Gasteiger partial charge < -0.3 is 28.4 Å². The van der Waals surface area contributed by atoms with E-state index >= 15 is 0 Å². The summed E-state index contributed by atoms with van der Waals surface area (Å²) in [4.78, 5) is 33.3. The Morgan fingerprint density at radius 1 is 0.345 bits per heavy atom. The Balaban J connectivity index is 0.000000788. The molecule has 0 aliphatic carbocycles. The normalized spacial score (nSPS) is 12.3. The summed E-state index contributed by atoms with van der Waals surface area (Å²) < 4.78 is 33.3.